The molecule has 0 spiro atoms. The quantitative estimate of drug-likeness (QED) is 0.791. The number of rotatable bonds is 7. The zero-order chi connectivity index (χ0) is 19.1. The minimum Gasteiger partial charge on any atom is -0.369 e. The Balaban J connectivity index is 1.61. The number of primary amides is 1. The average molecular weight is 365 g/mol. The Kier molecular flexibility index (Phi) is 6.60. The number of amides is 2. The molecule has 142 valence electrons. The maximum atomic E-state index is 12.6. The Morgan fingerprint density at radius 1 is 1.04 bits per heavy atom. The van der Waals surface area contributed by atoms with Crippen LogP contribution in [0, 0.1) is 5.92 Å². The van der Waals surface area contributed by atoms with Crippen LogP contribution in [-0.4, -0.2) is 36.3 Å². The van der Waals surface area contributed by atoms with Gasteiger partial charge < -0.3 is 16.0 Å². The van der Waals surface area contributed by atoms with E-state index in [4.69, 9.17) is 5.73 Å². The summed E-state index contributed by atoms with van der Waals surface area (Å²) in [7, 11) is 0. The molecule has 5 heteroatoms. The minimum absolute atomic E-state index is 0.00824. The van der Waals surface area contributed by atoms with Crippen LogP contribution < -0.4 is 11.1 Å². The Morgan fingerprint density at radius 3 is 2.19 bits per heavy atom. The lowest BCUT2D eigenvalue weighted by molar-refractivity contribution is -0.123. The second-order valence-electron chi connectivity index (χ2n) is 7.11. The van der Waals surface area contributed by atoms with Gasteiger partial charge in [0.05, 0.1) is 12.0 Å². The molecule has 0 radical (unpaired) electrons. The molecule has 3 N–H and O–H groups in total. The number of benzene rings is 2. The van der Waals surface area contributed by atoms with Crippen LogP contribution >= 0.6 is 0 Å². The maximum Gasteiger partial charge on any atom is 0.222 e. The molecule has 2 aromatic rings. The zero-order valence-electron chi connectivity index (χ0n) is 15.5. The number of likely N-dealkylation sites (tertiary alicyclic amines) is 1. The van der Waals surface area contributed by atoms with Crippen LogP contribution in [0.25, 0.3) is 0 Å². The van der Waals surface area contributed by atoms with E-state index in [-0.39, 0.29) is 23.8 Å². The summed E-state index contributed by atoms with van der Waals surface area (Å²) in [5.74, 6) is -0.325. The fraction of sp³-hybridized carbons (Fsp3) is 0.364. The van der Waals surface area contributed by atoms with Gasteiger partial charge in [-0.1, -0.05) is 60.7 Å². The summed E-state index contributed by atoms with van der Waals surface area (Å²) in [6.45, 7) is 2.22. The average Bonchev–Trinajstić information content (AvgIpc) is 2.72. The van der Waals surface area contributed by atoms with E-state index in [1.807, 2.05) is 60.7 Å². The second kappa shape index (κ2) is 9.33. The van der Waals surface area contributed by atoms with Crippen molar-refractivity contribution in [3.63, 3.8) is 0 Å². The maximum absolute atomic E-state index is 12.6. The van der Waals surface area contributed by atoms with E-state index in [1.165, 1.54) is 0 Å². The van der Waals surface area contributed by atoms with E-state index in [9.17, 15) is 9.59 Å². The van der Waals surface area contributed by atoms with Crippen molar-refractivity contribution in [3.8, 4) is 0 Å². The molecule has 1 fully saturated rings. The molecule has 0 aliphatic carbocycles. The third-order valence-corrected chi connectivity index (χ3v) is 5.13. The van der Waals surface area contributed by atoms with E-state index in [0.717, 1.165) is 30.5 Å². The van der Waals surface area contributed by atoms with Crippen LogP contribution in [0.5, 0.6) is 0 Å². The van der Waals surface area contributed by atoms with Gasteiger partial charge in [-0.25, -0.2) is 0 Å². The monoisotopic (exact) mass is 365 g/mol. The summed E-state index contributed by atoms with van der Waals surface area (Å²) in [4.78, 5) is 26.2. The van der Waals surface area contributed by atoms with E-state index in [0.29, 0.717) is 19.5 Å². The van der Waals surface area contributed by atoms with E-state index < -0.39 is 0 Å². The second-order valence-corrected chi connectivity index (χ2v) is 7.11. The van der Waals surface area contributed by atoms with Crippen LogP contribution in [-0.2, 0) is 9.59 Å². The van der Waals surface area contributed by atoms with Crippen molar-refractivity contribution in [1.82, 2.24) is 10.2 Å². The van der Waals surface area contributed by atoms with Gasteiger partial charge in [0.15, 0.2) is 0 Å². The van der Waals surface area contributed by atoms with Gasteiger partial charge in [-0.3, -0.25) is 9.59 Å². The molecule has 1 atom stereocenters. The van der Waals surface area contributed by atoms with Crippen molar-refractivity contribution in [2.75, 3.05) is 19.6 Å². The Bertz CT molecular complexity index is 709. The predicted molar refractivity (Wildman–Crippen MR) is 106 cm³/mol. The summed E-state index contributed by atoms with van der Waals surface area (Å²) in [6, 6.07) is 19.8. The number of carbonyl (C=O) groups is 2. The number of nitrogens with zero attached hydrogens (tertiary/aromatic N) is 1. The molecule has 27 heavy (non-hydrogen) atoms. The smallest absolute Gasteiger partial charge is 0.222 e. The van der Waals surface area contributed by atoms with Gasteiger partial charge in [-0.15, -0.1) is 0 Å². The largest absolute Gasteiger partial charge is 0.369 e. The number of nitrogens with one attached hydrogen (secondary N) is 1. The highest BCUT2D eigenvalue weighted by Crippen LogP contribution is 2.22. The Labute approximate surface area is 160 Å². The lowest BCUT2D eigenvalue weighted by atomic mass is 9.97. The highest BCUT2D eigenvalue weighted by atomic mass is 16.2. The molecule has 3 rings (SSSR count). The molecule has 5 nitrogen and oxygen atoms in total. The van der Waals surface area contributed by atoms with Crippen LogP contribution in [0.15, 0.2) is 60.7 Å². The Morgan fingerprint density at radius 2 is 1.63 bits per heavy atom. The van der Waals surface area contributed by atoms with Crippen molar-refractivity contribution < 1.29 is 9.59 Å². The first-order chi connectivity index (χ1) is 13.1. The van der Waals surface area contributed by atoms with Crippen molar-refractivity contribution >= 4 is 11.8 Å². The molecule has 1 aliphatic heterocycles. The van der Waals surface area contributed by atoms with Crippen LogP contribution in [0.1, 0.15) is 36.4 Å². The minimum atomic E-state index is -0.239. The van der Waals surface area contributed by atoms with Crippen molar-refractivity contribution in [3.05, 3.63) is 71.8 Å². The standard InChI is InChI=1S/C22H27N3O2/c23-22(27)19-12-7-14-25(16-19)15-13-20(26)24-21(17-8-3-1-4-9-17)18-10-5-2-6-11-18/h1-6,8-11,19,21H,7,12-16H2,(H2,23,27)(H,24,26). The van der Waals surface area contributed by atoms with Gasteiger partial charge in [0.2, 0.25) is 11.8 Å². The predicted octanol–water partition coefficient (Wildman–Crippen LogP) is 2.48. The van der Waals surface area contributed by atoms with Crippen LogP contribution in [0.4, 0.5) is 0 Å². The van der Waals surface area contributed by atoms with Crippen molar-refractivity contribution in [2.45, 2.75) is 25.3 Å². The van der Waals surface area contributed by atoms with Crippen LogP contribution in [0.3, 0.4) is 0 Å². The molecule has 1 unspecified atom stereocenters. The third-order valence-electron chi connectivity index (χ3n) is 5.13. The number of piperidine rings is 1. The molecule has 0 aromatic heterocycles. The fourth-order valence-corrected chi connectivity index (χ4v) is 3.63. The molecule has 2 aromatic carbocycles. The van der Waals surface area contributed by atoms with Gasteiger partial charge in [-0.05, 0) is 30.5 Å². The first-order valence-corrected chi connectivity index (χ1v) is 9.54. The molecule has 0 saturated carbocycles. The van der Waals surface area contributed by atoms with Gasteiger partial charge in [-0.2, -0.15) is 0 Å². The number of hydrogen-bond acceptors (Lipinski definition) is 3. The number of hydrogen-bond donors (Lipinski definition) is 2. The molecule has 1 saturated heterocycles. The van der Waals surface area contributed by atoms with Crippen LogP contribution in [0.2, 0.25) is 0 Å². The van der Waals surface area contributed by atoms with E-state index >= 15 is 0 Å². The van der Waals surface area contributed by atoms with Gasteiger partial charge in [0.25, 0.3) is 0 Å². The number of carbonyl (C=O) groups excluding carboxylic acids is 2. The molecule has 0 bridgehead atoms. The molecule has 1 aliphatic rings. The first kappa shape index (κ1) is 19.1. The topological polar surface area (TPSA) is 75.4 Å². The van der Waals surface area contributed by atoms with Gasteiger partial charge >= 0.3 is 0 Å². The third kappa shape index (κ3) is 5.41. The summed E-state index contributed by atoms with van der Waals surface area (Å²) in [6.07, 6.45) is 2.20. The lowest BCUT2D eigenvalue weighted by Gasteiger charge is -2.31. The highest BCUT2D eigenvalue weighted by Gasteiger charge is 2.24. The van der Waals surface area contributed by atoms with E-state index in [1.54, 1.807) is 0 Å². The summed E-state index contributed by atoms with van der Waals surface area (Å²) < 4.78 is 0. The molecular weight excluding hydrogens is 338 g/mol. The van der Waals surface area contributed by atoms with Crippen molar-refractivity contribution in [2.24, 2.45) is 11.7 Å². The molecular formula is C22H27N3O2. The number of nitrogens with two attached hydrogens (primary N) is 1. The molecule has 2 amide bonds. The normalized spacial score (nSPS) is 17.6. The highest BCUT2D eigenvalue weighted by molar-refractivity contribution is 5.78. The molecule has 1 heterocycles. The lowest BCUT2D eigenvalue weighted by Crippen LogP contribution is -2.42. The first-order valence-electron chi connectivity index (χ1n) is 9.54. The van der Waals surface area contributed by atoms with Gasteiger partial charge in [0, 0.05) is 19.5 Å². The SMILES string of the molecule is NC(=O)C1CCCN(CCC(=O)NC(c2ccccc2)c2ccccc2)C1. The summed E-state index contributed by atoms with van der Waals surface area (Å²) in [5.41, 5.74) is 7.55. The van der Waals surface area contributed by atoms with Gasteiger partial charge in [0.1, 0.15) is 0 Å². The summed E-state index contributed by atoms with van der Waals surface area (Å²) >= 11 is 0. The zero-order valence-corrected chi connectivity index (χ0v) is 15.5. The Hall–Kier alpha value is -2.66. The van der Waals surface area contributed by atoms with Crippen molar-refractivity contribution in [1.29, 1.82) is 0 Å². The fourth-order valence-electron chi connectivity index (χ4n) is 3.63. The summed E-state index contributed by atoms with van der Waals surface area (Å²) in [5, 5.41) is 3.17. The van der Waals surface area contributed by atoms with E-state index in [2.05, 4.69) is 10.2 Å².